The molecule has 1 aliphatic heterocycles. The van der Waals surface area contributed by atoms with Crippen LogP contribution in [0.4, 0.5) is 9.18 Å². The number of sulfone groups is 1. The molecule has 1 heterocycles. The maximum Gasteiger partial charge on any atom is 0.408 e. The molecule has 9 nitrogen and oxygen atoms in total. The summed E-state index contributed by atoms with van der Waals surface area (Å²) >= 11 is 0. The molecule has 188 valence electrons. The summed E-state index contributed by atoms with van der Waals surface area (Å²) in [5.74, 6) is -3.11. The molecule has 3 atom stereocenters. The third kappa shape index (κ3) is 5.79. The highest BCUT2D eigenvalue weighted by atomic mass is 32.2. The van der Waals surface area contributed by atoms with E-state index in [-0.39, 0.29) is 10.5 Å². The van der Waals surface area contributed by atoms with E-state index in [4.69, 9.17) is 4.74 Å². The molecule has 35 heavy (non-hydrogen) atoms. The second kappa shape index (κ2) is 10.0. The van der Waals surface area contributed by atoms with Crippen LogP contribution in [0.25, 0.3) is 0 Å². The molecular formula is C24H27FN2O7S. The monoisotopic (exact) mass is 506 g/mol. The Balaban J connectivity index is 2.04. The van der Waals surface area contributed by atoms with Crippen LogP contribution >= 0.6 is 0 Å². The number of hydrogen-bond acceptors (Lipinski definition) is 6. The van der Waals surface area contributed by atoms with Gasteiger partial charge in [-0.05, 0) is 45.4 Å². The molecule has 0 bridgehead atoms. The summed E-state index contributed by atoms with van der Waals surface area (Å²) in [6, 6.07) is 9.68. The number of carboxylic acids is 1. The van der Waals surface area contributed by atoms with E-state index in [2.05, 4.69) is 5.32 Å². The number of alkyl carbamates (subject to hydrolysis) is 1. The van der Waals surface area contributed by atoms with Gasteiger partial charge >= 0.3 is 12.1 Å². The van der Waals surface area contributed by atoms with Crippen LogP contribution in [0, 0.1) is 5.82 Å². The molecule has 2 aromatic rings. The van der Waals surface area contributed by atoms with Gasteiger partial charge in [0.25, 0.3) is 0 Å². The highest BCUT2D eigenvalue weighted by Gasteiger charge is 2.53. The minimum Gasteiger partial charge on any atom is -0.480 e. The van der Waals surface area contributed by atoms with Crippen molar-refractivity contribution in [3.8, 4) is 0 Å². The molecule has 0 spiro atoms. The number of aliphatic carboxylic acids is 1. The number of rotatable bonds is 6. The lowest BCUT2D eigenvalue weighted by atomic mass is 10.0. The molecule has 1 saturated heterocycles. The molecule has 2 amide bonds. The number of carbonyl (C=O) groups excluding carboxylic acids is 2. The molecule has 2 aromatic carbocycles. The Morgan fingerprint density at radius 1 is 1.09 bits per heavy atom. The van der Waals surface area contributed by atoms with Gasteiger partial charge in [-0.1, -0.05) is 36.4 Å². The van der Waals surface area contributed by atoms with Crippen molar-refractivity contribution in [2.24, 2.45) is 0 Å². The summed E-state index contributed by atoms with van der Waals surface area (Å²) in [5.41, 5.74) is -0.971. The average Bonchev–Trinajstić information content (AvgIpc) is 3.19. The second-order valence-corrected chi connectivity index (χ2v) is 11.3. The highest BCUT2D eigenvalue weighted by Crippen LogP contribution is 2.43. The van der Waals surface area contributed by atoms with Crippen LogP contribution in [-0.2, 0) is 24.2 Å². The zero-order valence-electron chi connectivity index (χ0n) is 19.5. The van der Waals surface area contributed by atoms with Crippen molar-refractivity contribution >= 4 is 27.8 Å². The molecule has 3 rings (SSSR count). The first kappa shape index (κ1) is 26.1. The number of likely N-dealkylation sites (tertiary alicyclic amines) is 1. The number of hydrogen-bond donors (Lipinski definition) is 2. The van der Waals surface area contributed by atoms with Gasteiger partial charge in [-0.3, -0.25) is 4.79 Å². The van der Waals surface area contributed by atoms with Crippen molar-refractivity contribution in [1.29, 1.82) is 0 Å². The van der Waals surface area contributed by atoms with E-state index in [1.165, 1.54) is 42.5 Å². The van der Waals surface area contributed by atoms with Crippen LogP contribution in [0.15, 0.2) is 59.5 Å². The van der Waals surface area contributed by atoms with Crippen LogP contribution < -0.4 is 5.32 Å². The SMILES string of the molecule is CC(C)(C)OC(=O)NCC(=O)N1C(C(=O)O)CC(S(=O)(=O)c2ccccc2)C1c1ccccc1F. The van der Waals surface area contributed by atoms with Crippen LogP contribution in [0.1, 0.15) is 38.8 Å². The molecule has 2 N–H and O–H groups in total. The van der Waals surface area contributed by atoms with Gasteiger partial charge < -0.3 is 20.1 Å². The Kier molecular flexibility index (Phi) is 7.49. The molecule has 0 aliphatic carbocycles. The van der Waals surface area contributed by atoms with Gasteiger partial charge in [-0.15, -0.1) is 0 Å². The standard InChI is InChI=1S/C24H27FN2O7S/c1-24(2,3)34-23(31)26-14-20(28)27-18(22(29)30)13-19(21(27)16-11-7-8-12-17(16)25)35(32,33)15-9-5-4-6-10-15/h4-12,18-19,21H,13-14H2,1-3H3,(H,26,31)(H,29,30). The normalized spacial score (nSPS) is 20.3. The Labute approximate surface area is 202 Å². The van der Waals surface area contributed by atoms with E-state index in [9.17, 15) is 32.3 Å². The summed E-state index contributed by atoms with van der Waals surface area (Å²) in [6.45, 7) is 4.22. The maximum atomic E-state index is 14.9. The van der Waals surface area contributed by atoms with Crippen molar-refractivity contribution in [3.63, 3.8) is 0 Å². The zero-order chi connectivity index (χ0) is 26.0. The number of halogens is 1. The maximum absolute atomic E-state index is 14.9. The molecule has 0 aromatic heterocycles. The lowest BCUT2D eigenvalue weighted by Crippen LogP contribution is -2.47. The van der Waals surface area contributed by atoms with E-state index in [1.54, 1.807) is 26.8 Å². The van der Waals surface area contributed by atoms with E-state index in [1.807, 2.05) is 0 Å². The number of nitrogens with zero attached hydrogens (tertiary/aromatic N) is 1. The minimum absolute atomic E-state index is 0.0725. The lowest BCUT2D eigenvalue weighted by molar-refractivity contribution is -0.149. The summed E-state index contributed by atoms with van der Waals surface area (Å²) in [7, 11) is -4.18. The van der Waals surface area contributed by atoms with Gasteiger partial charge in [0.15, 0.2) is 9.84 Å². The second-order valence-electron chi connectivity index (χ2n) is 9.11. The van der Waals surface area contributed by atoms with Crippen LogP contribution in [0.5, 0.6) is 0 Å². The fourth-order valence-corrected chi connectivity index (χ4v) is 6.02. The van der Waals surface area contributed by atoms with E-state index in [0.717, 1.165) is 11.0 Å². The Morgan fingerprint density at radius 2 is 1.69 bits per heavy atom. The van der Waals surface area contributed by atoms with Crippen molar-refractivity contribution < 1.29 is 37.0 Å². The fraction of sp³-hybridized carbons (Fsp3) is 0.375. The third-order valence-corrected chi connectivity index (χ3v) is 7.67. The lowest BCUT2D eigenvalue weighted by Gasteiger charge is -2.31. The van der Waals surface area contributed by atoms with E-state index < -0.39 is 69.5 Å². The van der Waals surface area contributed by atoms with Crippen molar-refractivity contribution in [3.05, 3.63) is 66.0 Å². The van der Waals surface area contributed by atoms with Gasteiger partial charge in [0, 0.05) is 5.56 Å². The minimum atomic E-state index is -4.18. The molecule has 1 aliphatic rings. The van der Waals surface area contributed by atoms with Gasteiger partial charge in [-0.2, -0.15) is 0 Å². The summed E-state index contributed by atoms with van der Waals surface area (Å²) < 4.78 is 47.1. The third-order valence-electron chi connectivity index (χ3n) is 5.49. The van der Waals surface area contributed by atoms with Gasteiger partial charge in [0.05, 0.1) is 16.2 Å². The van der Waals surface area contributed by atoms with Crippen LogP contribution in [0.2, 0.25) is 0 Å². The van der Waals surface area contributed by atoms with Gasteiger partial charge in [-0.25, -0.2) is 22.4 Å². The Morgan fingerprint density at radius 3 is 2.26 bits per heavy atom. The van der Waals surface area contributed by atoms with E-state index in [0.29, 0.717) is 0 Å². The Bertz CT molecular complexity index is 1210. The number of carboxylic acid groups (broad SMARTS) is 1. The van der Waals surface area contributed by atoms with E-state index >= 15 is 0 Å². The number of amides is 2. The molecule has 3 unspecified atom stereocenters. The summed E-state index contributed by atoms with van der Waals surface area (Å²) in [4.78, 5) is 38.1. The quantitative estimate of drug-likeness (QED) is 0.616. The molecule has 0 radical (unpaired) electrons. The first-order valence-electron chi connectivity index (χ1n) is 10.9. The van der Waals surface area contributed by atoms with Crippen molar-refractivity contribution in [1.82, 2.24) is 10.2 Å². The van der Waals surface area contributed by atoms with Gasteiger partial charge in [0.1, 0.15) is 24.0 Å². The first-order chi connectivity index (χ1) is 16.3. The highest BCUT2D eigenvalue weighted by molar-refractivity contribution is 7.92. The van der Waals surface area contributed by atoms with Gasteiger partial charge in [0.2, 0.25) is 5.91 Å². The topological polar surface area (TPSA) is 130 Å². The molecular weight excluding hydrogens is 479 g/mol. The number of ether oxygens (including phenoxy) is 1. The number of benzene rings is 2. The zero-order valence-corrected chi connectivity index (χ0v) is 20.3. The molecule has 11 heteroatoms. The van der Waals surface area contributed by atoms with Crippen molar-refractivity contribution in [2.45, 2.75) is 55.0 Å². The van der Waals surface area contributed by atoms with Crippen LogP contribution in [0.3, 0.4) is 0 Å². The summed E-state index contributed by atoms with van der Waals surface area (Å²) in [6.07, 6.45) is -1.36. The molecule has 1 fully saturated rings. The number of nitrogens with one attached hydrogen (secondary N) is 1. The largest absolute Gasteiger partial charge is 0.480 e. The van der Waals surface area contributed by atoms with Crippen LogP contribution in [-0.4, -0.2) is 59.8 Å². The summed E-state index contributed by atoms with van der Waals surface area (Å²) in [5, 5.41) is 10.7. The first-order valence-corrected chi connectivity index (χ1v) is 12.4. The Hall–Kier alpha value is -3.47. The average molecular weight is 507 g/mol. The van der Waals surface area contributed by atoms with Crippen molar-refractivity contribution in [2.75, 3.05) is 6.54 Å². The number of carbonyl (C=O) groups is 3. The predicted octanol–water partition coefficient (Wildman–Crippen LogP) is 2.92. The molecule has 0 saturated carbocycles. The smallest absolute Gasteiger partial charge is 0.408 e. The fourth-order valence-electron chi connectivity index (χ4n) is 4.08. The predicted molar refractivity (Wildman–Crippen MR) is 124 cm³/mol.